The van der Waals surface area contributed by atoms with E-state index in [2.05, 4.69) is 9.97 Å². The van der Waals surface area contributed by atoms with E-state index in [9.17, 15) is 9.90 Å². The van der Waals surface area contributed by atoms with E-state index in [1.54, 1.807) is 6.92 Å². The van der Waals surface area contributed by atoms with E-state index >= 15 is 0 Å². The first kappa shape index (κ1) is 14.8. The van der Waals surface area contributed by atoms with Gasteiger partial charge in [0, 0.05) is 5.56 Å². The van der Waals surface area contributed by atoms with Gasteiger partial charge in [-0.3, -0.25) is 4.90 Å². The SMILES string of the molecule is Cc1oc(-c2ccccc2)nc1CN(Cc1ncco1)C(=O)O. The minimum Gasteiger partial charge on any atom is -0.465 e. The molecule has 0 aliphatic heterocycles. The van der Waals surface area contributed by atoms with Gasteiger partial charge >= 0.3 is 6.09 Å². The van der Waals surface area contributed by atoms with Crippen LogP contribution in [-0.4, -0.2) is 26.1 Å². The molecule has 3 rings (SSSR count). The molecule has 2 heterocycles. The largest absolute Gasteiger partial charge is 0.465 e. The second kappa shape index (κ2) is 6.35. The van der Waals surface area contributed by atoms with E-state index in [4.69, 9.17) is 8.83 Å². The molecule has 0 aliphatic rings. The second-order valence-electron chi connectivity index (χ2n) is 4.95. The highest BCUT2D eigenvalue weighted by molar-refractivity contribution is 5.65. The molecular weight excluding hydrogens is 298 g/mol. The van der Waals surface area contributed by atoms with Crippen molar-refractivity contribution in [2.24, 2.45) is 0 Å². The summed E-state index contributed by atoms with van der Waals surface area (Å²) in [7, 11) is 0. The predicted octanol–water partition coefficient (Wildman–Crippen LogP) is 3.32. The zero-order chi connectivity index (χ0) is 16.2. The third kappa shape index (κ3) is 3.39. The molecule has 0 radical (unpaired) electrons. The molecule has 2 aromatic heterocycles. The number of oxazole rings is 2. The molecule has 3 aromatic rings. The van der Waals surface area contributed by atoms with Gasteiger partial charge in [0.05, 0.1) is 12.7 Å². The molecule has 0 atom stereocenters. The van der Waals surface area contributed by atoms with Crippen molar-refractivity contribution in [3.05, 3.63) is 60.1 Å². The average Bonchev–Trinajstić information content (AvgIpc) is 3.18. The molecule has 7 nitrogen and oxygen atoms in total. The Morgan fingerprint density at radius 2 is 2.04 bits per heavy atom. The maximum atomic E-state index is 11.4. The van der Waals surface area contributed by atoms with Crippen molar-refractivity contribution < 1.29 is 18.7 Å². The summed E-state index contributed by atoms with van der Waals surface area (Å²) in [5.41, 5.74) is 1.41. The van der Waals surface area contributed by atoms with Gasteiger partial charge in [0.2, 0.25) is 11.8 Å². The molecule has 118 valence electrons. The summed E-state index contributed by atoms with van der Waals surface area (Å²) in [5, 5.41) is 9.35. The number of hydrogen-bond acceptors (Lipinski definition) is 5. The Labute approximate surface area is 132 Å². The third-order valence-electron chi connectivity index (χ3n) is 3.33. The van der Waals surface area contributed by atoms with Crippen LogP contribution in [-0.2, 0) is 13.1 Å². The second-order valence-corrected chi connectivity index (χ2v) is 4.95. The minimum absolute atomic E-state index is 0.0509. The van der Waals surface area contributed by atoms with Crippen molar-refractivity contribution in [2.75, 3.05) is 0 Å². The topological polar surface area (TPSA) is 92.6 Å². The molecule has 0 fully saturated rings. The number of aromatic nitrogens is 2. The summed E-state index contributed by atoms with van der Waals surface area (Å²) < 4.78 is 10.7. The van der Waals surface area contributed by atoms with Crippen molar-refractivity contribution in [3.63, 3.8) is 0 Å². The average molecular weight is 313 g/mol. The highest BCUT2D eigenvalue weighted by Crippen LogP contribution is 2.22. The standard InChI is InChI=1S/C16H15N3O4/c1-11-13(18-15(23-11)12-5-3-2-4-6-12)9-19(16(20)21)10-14-17-7-8-22-14/h2-8H,9-10H2,1H3,(H,20,21). The van der Waals surface area contributed by atoms with Crippen LogP contribution in [0.1, 0.15) is 17.3 Å². The molecule has 0 saturated heterocycles. The number of hydrogen-bond donors (Lipinski definition) is 1. The van der Waals surface area contributed by atoms with E-state index < -0.39 is 6.09 Å². The molecule has 0 aliphatic carbocycles. The summed E-state index contributed by atoms with van der Waals surface area (Å²) in [6.45, 7) is 1.91. The summed E-state index contributed by atoms with van der Waals surface area (Å²) in [4.78, 5) is 20.9. The van der Waals surface area contributed by atoms with Crippen LogP contribution in [0.5, 0.6) is 0 Å². The maximum Gasteiger partial charge on any atom is 0.408 e. The van der Waals surface area contributed by atoms with Crippen LogP contribution < -0.4 is 0 Å². The lowest BCUT2D eigenvalue weighted by Gasteiger charge is -2.15. The summed E-state index contributed by atoms with van der Waals surface area (Å²) in [6.07, 6.45) is 1.81. The lowest BCUT2D eigenvalue weighted by molar-refractivity contribution is 0.133. The van der Waals surface area contributed by atoms with Crippen LogP contribution >= 0.6 is 0 Å². The van der Waals surface area contributed by atoms with Gasteiger partial charge in [-0.05, 0) is 19.1 Å². The van der Waals surface area contributed by atoms with Gasteiger partial charge in [0.25, 0.3) is 0 Å². The van der Waals surface area contributed by atoms with Crippen molar-refractivity contribution in [1.82, 2.24) is 14.9 Å². The lowest BCUT2D eigenvalue weighted by atomic mass is 10.2. The number of rotatable bonds is 5. The van der Waals surface area contributed by atoms with Crippen LogP contribution in [0.25, 0.3) is 11.5 Å². The van der Waals surface area contributed by atoms with E-state index in [1.807, 2.05) is 30.3 Å². The minimum atomic E-state index is -1.08. The Hall–Kier alpha value is -3.09. The molecule has 0 unspecified atom stereocenters. The van der Waals surface area contributed by atoms with E-state index in [0.29, 0.717) is 23.2 Å². The van der Waals surface area contributed by atoms with Crippen LogP contribution in [0.4, 0.5) is 4.79 Å². The van der Waals surface area contributed by atoms with Crippen molar-refractivity contribution in [2.45, 2.75) is 20.0 Å². The van der Waals surface area contributed by atoms with Gasteiger partial charge in [-0.15, -0.1) is 0 Å². The Bertz CT molecular complexity index is 781. The Morgan fingerprint density at radius 1 is 1.26 bits per heavy atom. The monoisotopic (exact) mass is 313 g/mol. The maximum absolute atomic E-state index is 11.4. The third-order valence-corrected chi connectivity index (χ3v) is 3.33. The molecular formula is C16H15N3O4. The molecule has 7 heteroatoms. The first-order valence-electron chi connectivity index (χ1n) is 7.01. The van der Waals surface area contributed by atoms with Gasteiger partial charge in [0.15, 0.2) is 0 Å². The first-order chi connectivity index (χ1) is 11.1. The number of carboxylic acid groups (broad SMARTS) is 1. The fourth-order valence-electron chi connectivity index (χ4n) is 2.15. The van der Waals surface area contributed by atoms with E-state index in [-0.39, 0.29) is 13.1 Å². The number of nitrogens with zero attached hydrogens (tertiary/aromatic N) is 3. The molecule has 1 aromatic carbocycles. The zero-order valence-electron chi connectivity index (χ0n) is 12.5. The number of carbonyl (C=O) groups is 1. The highest BCUT2D eigenvalue weighted by Gasteiger charge is 2.20. The number of aryl methyl sites for hydroxylation is 1. The number of benzene rings is 1. The van der Waals surface area contributed by atoms with Gasteiger partial charge in [-0.2, -0.15) is 0 Å². The molecule has 0 saturated carbocycles. The van der Waals surface area contributed by atoms with Gasteiger partial charge < -0.3 is 13.9 Å². The quantitative estimate of drug-likeness (QED) is 0.776. The molecule has 1 N–H and O–H groups in total. The van der Waals surface area contributed by atoms with E-state index in [1.165, 1.54) is 17.4 Å². The number of amides is 1. The Morgan fingerprint density at radius 3 is 2.70 bits per heavy atom. The normalized spacial score (nSPS) is 10.7. The first-order valence-corrected chi connectivity index (χ1v) is 7.01. The van der Waals surface area contributed by atoms with Crippen molar-refractivity contribution in [1.29, 1.82) is 0 Å². The molecule has 0 bridgehead atoms. The highest BCUT2D eigenvalue weighted by atomic mass is 16.4. The lowest BCUT2D eigenvalue weighted by Crippen LogP contribution is -2.29. The molecule has 23 heavy (non-hydrogen) atoms. The predicted molar refractivity (Wildman–Crippen MR) is 80.5 cm³/mol. The van der Waals surface area contributed by atoms with Gasteiger partial charge in [-0.25, -0.2) is 14.8 Å². The van der Waals surface area contributed by atoms with Crippen LogP contribution in [0.15, 0.2) is 51.6 Å². The van der Waals surface area contributed by atoms with Crippen molar-refractivity contribution >= 4 is 6.09 Å². The molecule has 0 spiro atoms. The fraction of sp³-hybridized carbons (Fsp3) is 0.188. The summed E-state index contributed by atoms with van der Waals surface area (Å²) >= 11 is 0. The van der Waals surface area contributed by atoms with Gasteiger partial charge in [0.1, 0.15) is 24.3 Å². The smallest absolute Gasteiger partial charge is 0.408 e. The van der Waals surface area contributed by atoms with E-state index in [0.717, 1.165) is 5.56 Å². The summed E-state index contributed by atoms with van der Waals surface area (Å²) in [5.74, 6) is 1.39. The Balaban J connectivity index is 1.80. The van der Waals surface area contributed by atoms with Crippen LogP contribution in [0.3, 0.4) is 0 Å². The van der Waals surface area contributed by atoms with Crippen LogP contribution in [0.2, 0.25) is 0 Å². The molecule has 1 amide bonds. The zero-order valence-corrected chi connectivity index (χ0v) is 12.5. The summed E-state index contributed by atoms with van der Waals surface area (Å²) in [6, 6.07) is 9.46. The van der Waals surface area contributed by atoms with Crippen LogP contribution in [0, 0.1) is 6.92 Å². The van der Waals surface area contributed by atoms with Crippen molar-refractivity contribution in [3.8, 4) is 11.5 Å². The Kier molecular flexibility index (Phi) is 4.09. The fourth-order valence-corrected chi connectivity index (χ4v) is 2.15. The van der Waals surface area contributed by atoms with Gasteiger partial charge in [-0.1, -0.05) is 18.2 Å².